The van der Waals surface area contributed by atoms with Crippen molar-refractivity contribution in [3.63, 3.8) is 0 Å². The van der Waals surface area contributed by atoms with E-state index in [0.29, 0.717) is 0 Å². The van der Waals surface area contributed by atoms with E-state index < -0.39 is 0 Å². The number of rotatable bonds is 11. The van der Waals surface area contributed by atoms with Crippen LogP contribution in [-0.2, 0) is 13.0 Å². The molecule has 0 atom stereocenters. The van der Waals surface area contributed by atoms with Crippen LogP contribution in [0, 0.1) is 0 Å². The number of fused-ring (bicyclic) bond motifs is 1. The lowest BCUT2D eigenvalue weighted by Crippen LogP contribution is -2.05. The average Bonchev–Trinajstić information content (AvgIpc) is 2.89. The fraction of sp³-hybridized carbons (Fsp3) is 0.632. The number of imidazole rings is 1. The number of nitrogens with two attached hydrogens (primary N) is 1. The summed E-state index contributed by atoms with van der Waals surface area (Å²) < 4.78 is 2.45. The predicted molar refractivity (Wildman–Crippen MR) is 95.1 cm³/mol. The maximum Gasteiger partial charge on any atom is 0.109 e. The molecule has 1 aromatic carbocycles. The van der Waals surface area contributed by atoms with Gasteiger partial charge in [-0.15, -0.1) is 0 Å². The Hall–Kier alpha value is -1.35. The first-order valence-electron chi connectivity index (χ1n) is 9.01. The molecule has 0 aliphatic heterocycles. The van der Waals surface area contributed by atoms with Crippen molar-refractivity contribution in [3.8, 4) is 0 Å². The fourth-order valence-corrected chi connectivity index (χ4v) is 3.04. The summed E-state index contributed by atoms with van der Waals surface area (Å²) in [7, 11) is 0. The number of hydrogen-bond donors (Lipinski definition) is 1. The van der Waals surface area contributed by atoms with Crippen LogP contribution < -0.4 is 5.73 Å². The Morgan fingerprint density at radius 1 is 0.955 bits per heavy atom. The SMILES string of the molecule is CCCCCCCn1c(CCCCCN)nc2ccccc21. The van der Waals surface area contributed by atoms with Gasteiger partial charge < -0.3 is 10.3 Å². The lowest BCUT2D eigenvalue weighted by Gasteiger charge is -2.09. The molecule has 0 aliphatic carbocycles. The molecular weight excluding hydrogens is 270 g/mol. The molecule has 1 aromatic heterocycles. The van der Waals surface area contributed by atoms with Gasteiger partial charge in [-0.25, -0.2) is 4.98 Å². The van der Waals surface area contributed by atoms with Crippen molar-refractivity contribution >= 4 is 11.0 Å². The van der Waals surface area contributed by atoms with E-state index in [0.717, 1.165) is 31.4 Å². The summed E-state index contributed by atoms with van der Waals surface area (Å²) in [4.78, 5) is 4.86. The third-order valence-corrected chi connectivity index (χ3v) is 4.32. The lowest BCUT2D eigenvalue weighted by molar-refractivity contribution is 0.554. The average molecular weight is 301 g/mol. The quantitative estimate of drug-likeness (QED) is 0.612. The van der Waals surface area contributed by atoms with Crippen molar-refractivity contribution in [2.45, 2.75) is 71.3 Å². The van der Waals surface area contributed by atoms with E-state index >= 15 is 0 Å². The fourth-order valence-electron chi connectivity index (χ4n) is 3.04. The third-order valence-electron chi connectivity index (χ3n) is 4.32. The van der Waals surface area contributed by atoms with E-state index in [1.54, 1.807) is 0 Å². The smallest absolute Gasteiger partial charge is 0.109 e. The van der Waals surface area contributed by atoms with Crippen LogP contribution in [0.15, 0.2) is 24.3 Å². The van der Waals surface area contributed by atoms with Crippen molar-refractivity contribution in [2.75, 3.05) is 6.54 Å². The lowest BCUT2D eigenvalue weighted by atomic mass is 10.1. The van der Waals surface area contributed by atoms with Crippen LogP contribution >= 0.6 is 0 Å². The Morgan fingerprint density at radius 3 is 2.55 bits per heavy atom. The number of hydrogen-bond acceptors (Lipinski definition) is 2. The van der Waals surface area contributed by atoms with Gasteiger partial charge in [0.2, 0.25) is 0 Å². The van der Waals surface area contributed by atoms with Gasteiger partial charge >= 0.3 is 0 Å². The summed E-state index contributed by atoms with van der Waals surface area (Å²) in [6.45, 7) is 4.17. The second kappa shape index (κ2) is 9.62. The molecule has 0 unspecified atom stereocenters. The summed E-state index contributed by atoms with van der Waals surface area (Å²) in [6, 6.07) is 8.54. The molecule has 3 nitrogen and oxygen atoms in total. The molecule has 0 fully saturated rings. The van der Waals surface area contributed by atoms with Gasteiger partial charge in [0, 0.05) is 13.0 Å². The number of benzene rings is 1. The Morgan fingerprint density at radius 2 is 1.73 bits per heavy atom. The maximum absolute atomic E-state index is 5.58. The molecule has 2 N–H and O–H groups in total. The molecule has 122 valence electrons. The van der Waals surface area contributed by atoms with Crippen LogP contribution in [0.25, 0.3) is 11.0 Å². The Labute approximate surface area is 134 Å². The topological polar surface area (TPSA) is 43.8 Å². The molecule has 0 saturated carbocycles. The van der Waals surface area contributed by atoms with Crippen LogP contribution in [0.5, 0.6) is 0 Å². The molecule has 0 saturated heterocycles. The largest absolute Gasteiger partial charge is 0.330 e. The van der Waals surface area contributed by atoms with E-state index in [1.165, 1.54) is 56.3 Å². The number of nitrogens with zero attached hydrogens (tertiary/aromatic N) is 2. The predicted octanol–water partition coefficient (Wildman–Crippen LogP) is 4.68. The van der Waals surface area contributed by atoms with E-state index in [1.807, 2.05) is 0 Å². The second-order valence-electron chi connectivity index (χ2n) is 6.18. The molecule has 0 radical (unpaired) electrons. The van der Waals surface area contributed by atoms with Crippen LogP contribution in [0.3, 0.4) is 0 Å². The van der Waals surface area contributed by atoms with Gasteiger partial charge in [0.1, 0.15) is 5.82 Å². The number of aromatic nitrogens is 2. The number of aryl methyl sites for hydroxylation is 2. The monoisotopic (exact) mass is 301 g/mol. The zero-order valence-corrected chi connectivity index (χ0v) is 14.1. The van der Waals surface area contributed by atoms with Crippen LogP contribution in [0.4, 0.5) is 0 Å². The van der Waals surface area contributed by atoms with Gasteiger partial charge in [-0.3, -0.25) is 0 Å². The summed E-state index contributed by atoms with van der Waals surface area (Å²) in [5.74, 6) is 1.26. The van der Waals surface area contributed by atoms with Gasteiger partial charge in [0.25, 0.3) is 0 Å². The second-order valence-corrected chi connectivity index (χ2v) is 6.18. The molecule has 0 spiro atoms. The van der Waals surface area contributed by atoms with Crippen molar-refractivity contribution in [2.24, 2.45) is 5.73 Å². The number of para-hydroxylation sites is 2. The molecule has 0 bridgehead atoms. The normalized spacial score (nSPS) is 11.4. The first-order valence-corrected chi connectivity index (χ1v) is 9.01. The standard InChI is InChI=1S/C19H31N3/c1-2-3-4-5-11-16-22-18-13-9-8-12-17(18)21-19(22)14-7-6-10-15-20/h8-9,12-13H,2-7,10-11,14-16,20H2,1H3. The van der Waals surface area contributed by atoms with Crippen LogP contribution in [0.1, 0.15) is 64.1 Å². The molecule has 22 heavy (non-hydrogen) atoms. The van der Waals surface area contributed by atoms with Gasteiger partial charge in [0.05, 0.1) is 11.0 Å². The highest BCUT2D eigenvalue weighted by Gasteiger charge is 2.09. The Balaban J connectivity index is 2.00. The first kappa shape index (κ1) is 17.0. The molecule has 0 amide bonds. The highest BCUT2D eigenvalue weighted by Crippen LogP contribution is 2.19. The first-order chi connectivity index (χ1) is 10.9. The van der Waals surface area contributed by atoms with Crippen molar-refractivity contribution < 1.29 is 0 Å². The van der Waals surface area contributed by atoms with Crippen molar-refractivity contribution in [1.82, 2.24) is 9.55 Å². The summed E-state index contributed by atoms with van der Waals surface area (Å²) in [5, 5.41) is 0. The molecule has 2 aromatic rings. The van der Waals surface area contributed by atoms with Gasteiger partial charge in [-0.1, -0.05) is 51.2 Å². The van der Waals surface area contributed by atoms with E-state index in [9.17, 15) is 0 Å². The molecule has 2 rings (SSSR count). The minimum Gasteiger partial charge on any atom is -0.330 e. The minimum atomic E-state index is 0.799. The van der Waals surface area contributed by atoms with E-state index in [4.69, 9.17) is 10.7 Å². The summed E-state index contributed by atoms with van der Waals surface area (Å²) in [6.07, 6.45) is 11.2. The zero-order valence-electron chi connectivity index (χ0n) is 14.1. The Bertz CT molecular complexity index is 545. The maximum atomic E-state index is 5.58. The summed E-state index contributed by atoms with van der Waals surface area (Å²) >= 11 is 0. The number of unbranched alkanes of at least 4 members (excludes halogenated alkanes) is 6. The molecule has 0 aliphatic rings. The van der Waals surface area contributed by atoms with Gasteiger partial charge in [0.15, 0.2) is 0 Å². The van der Waals surface area contributed by atoms with Crippen LogP contribution in [0.2, 0.25) is 0 Å². The van der Waals surface area contributed by atoms with E-state index in [2.05, 4.69) is 35.8 Å². The van der Waals surface area contributed by atoms with Crippen molar-refractivity contribution in [1.29, 1.82) is 0 Å². The molecule has 3 heteroatoms. The zero-order chi connectivity index (χ0) is 15.6. The highest BCUT2D eigenvalue weighted by atomic mass is 15.1. The summed E-state index contributed by atoms with van der Waals surface area (Å²) in [5.41, 5.74) is 8.03. The van der Waals surface area contributed by atoms with E-state index in [-0.39, 0.29) is 0 Å². The van der Waals surface area contributed by atoms with Crippen molar-refractivity contribution in [3.05, 3.63) is 30.1 Å². The molecular formula is C19H31N3. The molecule has 1 heterocycles. The highest BCUT2D eigenvalue weighted by molar-refractivity contribution is 5.75. The Kier molecular flexibility index (Phi) is 7.44. The van der Waals surface area contributed by atoms with Crippen LogP contribution in [-0.4, -0.2) is 16.1 Å². The third kappa shape index (κ3) is 4.84. The van der Waals surface area contributed by atoms with Gasteiger partial charge in [-0.05, 0) is 37.9 Å². The van der Waals surface area contributed by atoms with Gasteiger partial charge in [-0.2, -0.15) is 0 Å². The minimum absolute atomic E-state index is 0.799.